The normalized spacial score (nSPS) is 19.0. The van der Waals surface area contributed by atoms with Crippen molar-refractivity contribution in [3.05, 3.63) is 40.6 Å². The summed E-state index contributed by atoms with van der Waals surface area (Å²) in [6, 6.07) is 6.56. The summed E-state index contributed by atoms with van der Waals surface area (Å²) in [5.74, 6) is 1.86. The van der Waals surface area contributed by atoms with Crippen LogP contribution in [0.2, 0.25) is 0 Å². The number of benzene rings is 1. The number of piperidine rings is 1. The quantitative estimate of drug-likeness (QED) is 0.887. The van der Waals surface area contributed by atoms with Crippen LogP contribution >= 0.6 is 0 Å². The molecule has 1 N–H and O–H groups in total. The standard InChI is InChI=1S/C22H32N4/c1-4-25-14-11-18(12-15-25)21-19-9-5-6-13-23-22(19)26(24-21)20-10-7-8-16(2)17(20)3/h7-8,10,18,23H,4-6,9,11-15H2,1-3H3. The van der Waals surface area contributed by atoms with Crippen LogP contribution in [0, 0.1) is 13.8 Å². The molecule has 26 heavy (non-hydrogen) atoms. The van der Waals surface area contributed by atoms with Crippen LogP contribution in [-0.4, -0.2) is 40.9 Å². The number of rotatable bonds is 3. The summed E-state index contributed by atoms with van der Waals surface area (Å²) in [7, 11) is 0. The van der Waals surface area contributed by atoms with E-state index < -0.39 is 0 Å². The van der Waals surface area contributed by atoms with Gasteiger partial charge in [0.25, 0.3) is 0 Å². The van der Waals surface area contributed by atoms with Gasteiger partial charge in [-0.3, -0.25) is 0 Å². The summed E-state index contributed by atoms with van der Waals surface area (Å²) in [4.78, 5) is 2.56. The second-order valence-electron chi connectivity index (χ2n) is 7.94. The molecule has 0 radical (unpaired) electrons. The highest BCUT2D eigenvalue weighted by molar-refractivity contribution is 5.57. The summed E-state index contributed by atoms with van der Waals surface area (Å²) in [6.07, 6.45) is 6.15. The van der Waals surface area contributed by atoms with E-state index in [1.54, 1.807) is 0 Å². The van der Waals surface area contributed by atoms with Gasteiger partial charge in [-0.05, 0) is 82.8 Å². The van der Waals surface area contributed by atoms with E-state index in [9.17, 15) is 0 Å². The number of anilines is 1. The highest BCUT2D eigenvalue weighted by Crippen LogP contribution is 2.37. The van der Waals surface area contributed by atoms with E-state index in [2.05, 4.69) is 53.9 Å². The number of likely N-dealkylation sites (tertiary alicyclic amines) is 1. The van der Waals surface area contributed by atoms with Gasteiger partial charge >= 0.3 is 0 Å². The second kappa shape index (κ2) is 7.43. The van der Waals surface area contributed by atoms with E-state index in [-0.39, 0.29) is 0 Å². The van der Waals surface area contributed by atoms with Crippen LogP contribution in [0.25, 0.3) is 5.69 Å². The van der Waals surface area contributed by atoms with Crippen molar-refractivity contribution in [3.8, 4) is 5.69 Å². The number of hydrogen-bond donors (Lipinski definition) is 1. The van der Waals surface area contributed by atoms with Gasteiger partial charge in [-0.1, -0.05) is 19.1 Å². The minimum Gasteiger partial charge on any atom is -0.370 e. The van der Waals surface area contributed by atoms with Crippen molar-refractivity contribution in [2.24, 2.45) is 0 Å². The van der Waals surface area contributed by atoms with Gasteiger partial charge in [0.05, 0.1) is 11.4 Å². The van der Waals surface area contributed by atoms with E-state index in [1.165, 1.54) is 79.2 Å². The third kappa shape index (κ3) is 3.16. The molecule has 2 aliphatic rings. The van der Waals surface area contributed by atoms with Crippen molar-refractivity contribution in [1.82, 2.24) is 14.7 Å². The minimum absolute atomic E-state index is 0.609. The summed E-state index contributed by atoms with van der Waals surface area (Å²) in [6.45, 7) is 11.3. The molecule has 0 aliphatic carbocycles. The van der Waals surface area contributed by atoms with E-state index in [0.717, 1.165) is 13.0 Å². The van der Waals surface area contributed by atoms with Crippen LogP contribution in [0.3, 0.4) is 0 Å². The average Bonchev–Trinajstić information content (AvgIpc) is 2.85. The molecule has 3 heterocycles. The zero-order valence-electron chi connectivity index (χ0n) is 16.5. The summed E-state index contributed by atoms with van der Waals surface area (Å²) >= 11 is 0. The maximum absolute atomic E-state index is 5.22. The smallest absolute Gasteiger partial charge is 0.133 e. The fourth-order valence-corrected chi connectivity index (χ4v) is 4.52. The van der Waals surface area contributed by atoms with Gasteiger partial charge in [0, 0.05) is 18.0 Å². The van der Waals surface area contributed by atoms with Gasteiger partial charge in [-0.2, -0.15) is 5.10 Å². The van der Waals surface area contributed by atoms with Crippen molar-refractivity contribution in [2.75, 3.05) is 31.5 Å². The van der Waals surface area contributed by atoms with E-state index in [4.69, 9.17) is 5.10 Å². The zero-order valence-corrected chi connectivity index (χ0v) is 16.5. The Morgan fingerprint density at radius 3 is 2.73 bits per heavy atom. The van der Waals surface area contributed by atoms with Gasteiger partial charge in [0.2, 0.25) is 0 Å². The van der Waals surface area contributed by atoms with Crippen LogP contribution in [0.15, 0.2) is 18.2 Å². The van der Waals surface area contributed by atoms with Gasteiger partial charge < -0.3 is 10.2 Å². The highest BCUT2D eigenvalue weighted by Gasteiger charge is 2.28. The summed E-state index contributed by atoms with van der Waals surface area (Å²) in [5.41, 5.74) is 6.74. The molecule has 0 spiro atoms. The molecule has 0 unspecified atom stereocenters. The third-order valence-corrected chi connectivity index (χ3v) is 6.39. The lowest BCUT2D eigenvalue weighted by atomic mass is 9.90. The molecule has 4 rings (SSSR count). The monoisotopic (exact) mass is 352 g/mol. The summed E-state index contributed by atoms with van der Waals surface area (Å²) in [5, 5.41) is 8.92. The number of nitrogens with zero attached hydrogens (tertiary/aromatic N) is 3. The lowest BCUT2D eigenvalue weighted by Crippen LogP contribution is -2.33. The molecule has 1 fully saturated rings. The molecule has 2 aliphatic heterocycles. The predicted molar refractivity (Wildman–Crippen MR) is 109 cm³/mol. The molecule has 1 aromatic heterocycles. The maximum atomic E-state index is 5.22. The molecule has 0 atom stereocenters. The fourth-order valence-electron chi connectivity index (χ4n) is 4.52. The number of fused-ring (bicyclic) bond motifs is 1. The van der Waals surface area contributed by atoms with Crippen molar-refractivity contribution < 1.29 is 0 Å². The zero-order chi connectivity index (χ0) is 18.1. The molecule has 1 saturated heterocycles. The Balaban J connectivity index is 1.76. The number of hydrogen-bond acceptors (Lipinski definition) is 3. The molecule has 1 aromatic carbocycles. The van der Waals surface area contributed by atoms with Gasteiger partial charge in [0.15, 0.2) is 0 Å². The van der Waals surface area contributed by atoms with Gasteiger partial charge in [0.1, 0.15) is 5.82 Å². The van der Waals surface area contributed by atoms with Crippen molar-refractivity contribution in [2.45, 2.75) is 58.8 Å². The van der Waals surface area contributed by atoms with Crippen LogP contribution in [-0.2, 0) is 6.42 Å². The first-order chi connectivity index (χ1) is 12.7. The van der Waals surface area contributed by atoms with E-state index in [1.807, 2.05) is 0 Å². The molecule has 140 valence electrons. The average molecular weight is 353 g/mol. The van der Waals surface area contributed by atoms with Gasteiger partial charge in [-0.25, -0.2) is 4.68 Å². The first-order valence-electron chi connectivity index (χ1n) is 10.3. The second-order valence-corrected chi connectivity index (χ2v) is 7.94. The van der Waals surface area contributed by atoms with Gasteiger partial charge in [-0.15, -0.1) is 0 Å². The molecular formula is C22H32N4. The molecular weight excluding hydrogens is 320 g/mol. The first kappa shape index (κ1) is 17.6. The molecule has 0 amide bonds. The van der Waals surface area contributed by atoms with E-state index in [0.29, 0.717) is 5.92 Å². The molecule has 2 aromatic rings. The van der Waals surface area contributed by atoms with Crippen LogP contribution < -0.4 is 5.32 Å². The maximum Gasteiger partial charge on any atom is 0.133 e. The number of aryl methyl sites for hydroxylation is 1. The van der Waals surface area contributed by atoms with Crippen LogP contribution in [0.4, 0.5) is 5.82 Å². The Kier molecular flexibility index (Phi) is 5.03. The van der Waals surface area contributed by atoms with Crippen LogP contribution in [0.1, 0.15) is 60.9 Å². The number of aromatic nitrogens is 2. The third-order valence-electron chi connectivity index (χ3n) is 6.39. The van der Waals surface area contributed by atoms with Crippen molar-refractivity contribution >= 4 is 5.82 Å². The molecule has 4 nitrogen and oxygen atoms in total. The largest absolute Gasteiger partial charge is 0.370 e. The Morgan fingerprint density at radius 1 is 1.15 bits per heavy atom. The SMILES string of the molecule is CCN1CCC(c2nn(-c3cccc(C)c3C)c3c2CCCCN3)CC1. The van der Waals surface area contributed by atoms with Crippen molar-refractivity contribution in [1.29, 1.82) is 0 Å². The lowest BCUT2D eigenvalue weighted by Gasteiger charge is -2.30. The molecule has 0 saturated carbocycles. The van der Waals surface area contributed by atoms with Crippen LogP contribution in [0.5, 0.6) is 0 Å². The Hall–Kier alpha value is -1.81. The highest BCUT2D eigenvalue weighted by atomic mass is 15.3. The summed E-state index contributed by atoms with van der Waals surface area (Å²) < 4.78 is 2.21. The van der Waals surface area contributed by atoms with E-state index >= 15 is 0 Å². The Labute approximate surface area is 157 Å². The fraction of sp³-hybridized carbons (Fsp3) is 0.591. The topological polar surface area (TPSA) is 33.1 Å². The lowest BCUT2D eigenvalue weighted by molar-refractivity contribution is 0.220. The minimum atomic E-state index is 0.609. The predicted octanol–water partition coefficient (Wildman–Crippen LogP) is 4.44. The van der Waals surface area contributed by atoms with Crippen molar-refractivity contribution in [3.63, 3.8) is 0 Å². The first-order valence-corrected chi connectivity index (χ1v) is 10.3. The molecule has 0 bridgehead atoms. The Bertz CT molecular complexity index is 769. The number of nitrogens with one attached hydrogen (secondary N) is 1. The molecule has 4 heteroatoms. The Morgan fingerprint density at radius 2 is 1.96 bits per heavy atom.